The van der Waals surface area contributed by atoms with E-state index in [-0.39, 0.29) is 6.61 Å². The summed E-state index contributed by atoms with van der Waals surface area (Å²) in [5.74, 6) is 0. The maximum absolute atomic E-state index is 9.97. The van der Waals surface area contributed by atoms with Crippen molar-refractivity contribution < 1.29 is 19.7 Å². The van der Waals surface area contributed by atoms with Crippen LogP contribution in [0.4, 0.5) is 0 Å². The van der Waals surface area contributed by atoms with Crippen LogP contribution in [-0.2, 0) is 22.7 Å². The molecule has 23 heavy (non-hydrogen) atoms. The van der Waals surface area contributed by atoms with Gasteiger partial charge in [0, 0.05) is 0 Å². The fraction of sp³-hybridized carbons (Fsp3) is 0.368. The van der Waals surface area contributed by atoms with E-state index in [0.717, 1.165) is 11.1 Å². The third-order valence-corrected chi connectivity index (χ3v) is 3.61. The van der Waals surface area contributed by atoms with E-state index in [1.807, 2.05) is 60.7 Å². The van der Waals surface area contributed by atoms with E-state index >= 15 is 0 Å². The van der Waals surface area contributed by atoms with Gasteiger partial charge in [0.25, 0.3) is 0 Å². The zero-order chi connectivity index (χ0) is 16.5. The first kappa shape index (κ1) is 17.6. The Morgan fingerprint density at radius 2 is 1.30 bits per heavy atom. The molecule has 0 aliphatic carbocycles. The zero-order valence-electron chi connectivity index (χ0n) is 13.3. The van der Waals surface area contributed by atoms with Crippen molar-refractivity contribution >= 4 is 0 Å². The lowest BCUT2D eigenvalue weighted by molar-refractivity contribution is -0.140. The molecule has 0 bridgehead atoms. The standard InChI is InChI=1S/C19H24O4/c1-15(21)19(23-14-17-10-6-3-7-11-17)18(12-20)22-13-16-8-4-2-5-9-16/h2-11,15,18-21H,12-14H2,1H3/t15-,18-,19-/m0/s1. The quantitative estimate of drug-likeness (QED) is 0.746. The van der Waals surface area contributed by atoms with E-state index in [9.17, 15) is 10.2 Å². The van der Waals surface area contributed by atoms with Crippen molar-refractivity contribution in [1.29, 1.82) is 0 Å². The highest BCUT2D eigenvalue weighted by Gasteiger charge is 2.27. The highest BCUT2D eigenvalue weighted by Crippen LogP contribution is 2.14. The Balaban J connectivity index is 1.93. The van der Waals surface area contributed by atoms with Gasteiger partial charge in [0.1, 0.15) is 12.2 Å². The van der Waals surface area contributed by atoms with Crippen molar-refractivity contribution in [3.05, 3.63) is 71.8 Å². The Bertz CT molecular complexity index is 542. The van der Waals surface area contributed by atoms with E-state index in [0.29, 0.717) is 13.2 Å². The minimum absolute atomic E-state index is 0.211. The first-order chi connectivity index (χ1) is 11.2. The van der Waals surface area contributed by atoms with Crippen LogP contribution in [-0.4, -0.2) is 35.1 Å². The molecule has 2 rings (SSSR count). The zero-order valence-corrected chi connectivity index (χ0v) is 13.3. The predicted octanol–water partition coefficient (Wildman–Crippen LogP) is 2.53. The second kappa shape index (κ2) is 9.43. The molecule has 0 aliphatic heterocycles. The van der Waals surface area contributed by atoms with E-state index in [1.165, 1.54) is 0 Å². The van der Waals surface area contributed by atoms with Crippen LogP contribution in [0.2, 0.25) is 0 Å². The minimum atomic E-state index is -0.744. The Kier molecular flexibility index (Phi) is 7.23. The van der Waals surface area contributed by atoms with Crippen molar-refractivity contribution in [2.45, 2.75) is 38.4 Å². The lowest BCUT2D eigenvalue weighted by Crippen LogP contribution is -2.42. The Morgan fingerprint density at radius 1 is 0.826 bits per heavy atom. The number of hydrogen-bond donors (Lipinski definition) is 2. The molecule has 0 spiro atoms. The Labute approximate surface area is 137 Å². The average molecular weight is 316 g/mol. The summed E-state index contributed by atoms with van der Waals surface area (Å²) in [6.07, 6.45) is -1.92. The fourth-order valence-electron chi connectivity index (χ4n) is 2.35. The second-order valence-electron chi connectivity index (χ2n) is 5.52. The van der Waals surface area contributed by atoms with Gasteiger partial charge in [-0.1, -0.05) is 60.7 Å². The van der Waals surface area contributed by atoms with E-state index < -0.39 is 18.3 Å². The van der Waals surface area contributed by atoms with Crippen molar-refractivity contribution in [2.75, 3.05) is 6.61 Å². The molecule has 0 amide bonds. The number of rotatable bonds is 9. The summed E-state index contributed by atoms with van der Waals surface area (Å²) in [5, 5.41) is 19.6. The van der Waals surface area contributed by atoms with Crippen molar-refractivity contribution in [2.24, 2.45) is 0 Å². The van der Waals surface area contributed by atoms with E-state index in [2.05, 4.69) is 0 Å². The topological polar surface area (TPSA) is 58.9 Å². The smallest absolute Gasteiger partial charge is 0.112 e. The van der Waals surface area contributed by atoms with Gasteiger partial charge in [0.05, 0.1) is 25.9 Å². The van der Waals surface area contributed by atoms with Crippen molar-refractivity contribution in [3.63, 3.8) is 0 Å². The number of hydrogen-bond acceptors (Lipinski definition) is 4. The molecule has 3 atom stereocenters. The van der Waals surface area contributed by atoms with Crippen LogP contribution in [0.25, 0.3) is 0 Å². The third kappa shape index (κ3) is 5.77. The molecular formula is C19H24O4. The van der Waals surface area contributed by atoms with Gasteiger partial charge in [-0.25, -0.2) is 0 Å². The molecule has 4 nitrogen and oxygen atoms in total. The van der Waals surface area contributed by atoms with Gasteiger partial charge in [-0.15, -0.1) is 0 Å². The molecule has 2 N–H and O–H groups in total. The van der Waals surface area contributed by atoms with Gasteiger partial charge in [-0.2, -0.15) is 0 Å². The lowest BCUT2D eigenvalue weighted by Gasteiger charge is -2.28. The summed E-state index contributed by atoms with van der Waals surface area (Å²) in [6.45, 7) is 2.16. The number of aliphatic hydroxyl groups is 2. The van der Waals surface area contributed by atoms with Gasteiger partial charge in [0.15, 0.2) is 0 Å². The van der Waals surface area contributed by atoms with Crippen LogP contribution >= 0.6 is 0 Å². The third-order valence-electron chi connectivity index (χ3n) is 3.61. The van der Waals surface area contributed by atoms with Gasteiger partial charge in [-0.05, 0) is 18.1 Å². The van der Waals surface area contributed by atoms with Crippen LogP contribution < -0.4 is 0 Å². The monoisotopic (exact) mass is 316 g/mol. The summed E-state index contributed by atoms with van der Waals surface area (Å²) >= 11 is 0. The van der Waals surface area contributed by atoms with Gasteiger partial charge >= 0.3 is 0 Å². The molecular weight excluding hydrogens is 292 g/mol. The Hall–Kier alpha value is -1.72. The molecule has 0 aromatic heterocycles. The summed E-state index contributed by atoms with van der Waals surface area (Å²) in [6, 6.07) is 19.4. The summed E-state index contributed by atoms with van der Waals surface area (Å²) < 4.78 is 11.6. The molecule has 0 fully saturated rings. The fourth-order valence-corrected chi connectivity index (χ4v) is 2.35. The van der Waals surface area contributed by atoms with Gasteiger partial charge in [-0.3, -0.25) is 0 Å². The molecule has 0 heterocycles. The van der Waals surface area contributed by atoms with Crippen LogP contribution in [0.1, 0.15) is 18.1 Å². The molecule has 0 radical (unpaired) electrons. The highest BCUT2D eigenvalue weighted by atomic mass is 16.6. The van der Waals surface area contributed by atoms with Crippen molar-refractivity contribution in [1.82, 2.24) is 0 Å². The van der Waals surface area contributed by atoms with E-state index in [4.69, 9.17) is 9.47 Å². The molecule has 0 aliphatic rings. The molecule has 0 unspecified atom stereocenters. The first-order valence-corrected chi connectivity index (χ1v) is 7.80. The predicted molar refractivity (Wildman–Crippen MR) is 88.8 cm³/mol. The first-order valence-electron chi connectivity index (χ1n) is 7.80. The molecule has 4 heteroatoms. The van der Waals surface area contributed by atoms with Gasteiger partial charge < -0.3 is 19.7 Å². The summed E-state index contributed by atoms with van der Waals surface area (Å²) in [5.41, 5.74) is 2.02. The Morgan fingerprint density at radius 3 is 1.74 bits per heavy atom. The maximum atomic E-state index is 9.97. The molecule has 0 saturated carbocycles. The van der Waals surface area contributed by atoms with E-state index in [1.54, 1.807) is 6.92 Å². The molecule has 0 saturated heterocycles. The van der Waals surface area contributed by atoms with Gasteiger partial charge in [0.2, 0.25) is 0 Å². The maximum Gasteiger partial charge on any atom is 0.112 e. The highest BCUT2D eigenvalue weighted by molar-refractivity contribution is 5.14. The largest absolute Gasteiger partial charge is 0.394 e. The van der Waals surface area contributed by atoms with Crippen molar-refractivity contribution in [3.8, 4) is 0 Å². The average Bonchev–Trinajstić information content (AvgIpc) is 2.59. The van der Waals surface area contributed by atoms with Crippen LogP contribution in [0.3, 0.4) is 0 Å². The SMILES string of the molecule is C[C@H](O)[C@H](OCc1ccccc1)[C@H](CO)OCc1ccccc1. The minimum Gasteiger partial charge on any atom is -0.394 e. The van der Waals surface area contributed by atoms with Crippen LogP contribution in [0, 0.1) is 0 Å². The molecule has 2 aromatic rings. The summed E-state index contributed by atoms with van der Waals surface area (Å²) in [7, 11) is 0. The number of benzene rings is 2. The molecule has 124 valence electrons. The van der Waals surface area contributed by atoms with Crippen LogP contribution in [0.15, 0.2) is 60.7 Å². The summed E-state index contributed by atoms with van der Waals surface area (Å²) in [4.78, 5) is 0. The normalized spacial score (nSPS) is 15.1. The lowest BCUT2D eigenvalue weighted by atomic mass is 10.1. The van der Waals surface area contributed by atoms with Crippen LogP contribution in [0.5, 0.6) is 0 Å². The second-order valence-corrected chi connectivity index (χ2v) is 5.52. The molecule has 2 aromatic carbocycles. The number of aliphatic hydroxyl groups excluding tert-OH is 2. The number of ether oxygens (including phenoxy) is 2.